The molecule has 0 spiro atoms. The highest BCUT2D eigenvalue weighted by Gasteiger charge is 2.26. The van der Waals surface area contributed by atoms with Crippen molar-refractivity contribution in [2.75, 3.05) is 0 Å². The van der Waals surface area contributed by atoms with Crippen LogP contribution in [0.25, 0.3) is 0 Å². The van der Waals surface area contributed by atoms with Gasteiger partial charge in [0.2, 0.25) is 5.91 Å². The number of carbonyl (C=O) groups excluding carboxylic acids is 2. The van der Waals surface area contributed by atoms with E-state index in [0.29, 0.717) is 0 Å². The fourth-order valence-corrected chi connectivity index (χ4v) is 4.26. The monoisotopic (exact) mass is 365 g/mol. The van der Waals surface area contributed by atoms with Gasteiger partial charge in [0, 0.05) is 5.92 Å². The first kappa shape index (κ1) is 21.2. The third-order valence-electron chi connectivity index (χ3n) is 6.02. The van der Waals surface area contributed by atoms with Gasteiger partial charge in [-0.2, -0.15) is 0 Å². The SMILES string of the molecule is C[C@@H](NC(=O)C1CCCCC1)C(=O)OC1CCCCCCCCCCC1. The largest absolute Gasteiger partial charge is 0.461 e. The van der Waals surface area contributed by atoms with Crippen molar-refractivity contribution >= 4 is 11.9 Å². The van der Waals surface area contributed by atoms with Crippen LogP contribution in [0.1, 0.15) is 110 Å². The van der Waals surface area contributed by atoms with Gasteiger partial charge in [0.25, 0.3) is 0 Å². The molecule has 2 rings (SSSR count). The summed E-state index contributed by atoms with van der Waals surface area (Å²) in [5.41, 5.74) is 0. The van der Waals surface area contributed by atoms with E-state index in [-0.39, 0.29) is 23.9 Å². The van der Waals surface area contributed by atoms with Crippen molar-refractivity contribution in [2.45, 2.75) is 122 Å². The van der Waals surface area contributed by atoms with E-state index < -0.39 is 6.04 Å². The van der Waals surface area contributed by atoms with Crippen LogP contribution in [0.15, 0.2) is 0 Å². The van der Waals surface area contributed by atoms with Crippen molar-refractivity contribution in [3.8, 4) is 0 Å². The number of hydrogen-bond acceptors (Lipinski definition) is 3. The molecular formula is C22H39NO3. The van der Waals surface area contributed by atoms with E-state index in [4.69, 9.17) is 4.74 Å². The molecule has 0 heterocycles. The minimum absolute atomic E-state index is 0.0240. The molecule has 0 aliphatic heterocycles. The molecule has 1 N–H and O–H groups in total. The van der Waals surface area contributed by atoms with Crippen LogP contribution in [0.2, 0.25) is 0 Å². The van der Waals surface area contributed by atoms with Crippen LogP contribution in [0.5, 0.6) is 0 Å². The van der Waals surface area contributed by atoms with Gasteiger partial charge < -0.3 is 10.1 Å². The second-order valence-electron chi connectivity index (χ2n) is 8.38. The molecule has 0 aromatic carbocycles. The third kappa shape index (κ3) is 8.09. The number of ether oxygens (including phenoxy) is 1. The van der Waals surface area contributed by atoms with E-state index in [1.807, 2.05) is 0 Å². The highest BCUT2D eigenvalue weighted by molar-refractivity contribution is 5.85. The van der Waals surface area contributed by atoms with E-state index in [2.05, 4.69) is 5.32 Å². The predicted octanol–water partition coefficient (Wildman–Crippen LogP) is 5.29. The summed E-state index contributed by atoms with van der Waals surface area (Å²) in [7, 11) is 0. The predicted molar refractivity (Wildman–Crippen MR) is 105 cm³/mol. The Morgan fingerprint density at radius 1 is 0.731 bits per heavy atom. The van der Waals surface area contributed by atoms with Gasteiger partial charge in [-0.15, -0.1) is 0 Å². The summed E-state index contributed by atoms with van der Waals surface area (Å²) >= 11 is 0. The van der Waals surface area contributed by atoms with Crippen molar-refractivity contribution in [3.63, 3.8) is 0 Å². The average Bonchev–Trinajstić information content (AvgIpc) is 2.64. The van der Waals surface area contributed by atoms with E-state index >= 15 is 0 Å². The summed E-state index contributed by atoms with van der Waals surface area (Å²) in [6.07, 6.45) is 18.8. The van der Waals surface area contributed by atoms with Gasteiger partial charge in [0.1, 0.15) is 12.1 Å². The molecule has 0 saturated heterocycles. The number of nitrogens with one attached hydrogen (secondary N) is 1. The topological polar surface area (TPSA) is 55.4 Å². The molecule has 0 radical (unpaired) electrons. The first-order valence-corrected chi connectivity index (χ1v) is 11.2. The van der Waals surface area contributed by atoms with Crippen LogP contribution in [0.3, 0.4) is 0 Å². The van der Waals surface area contributed by atoms with Crippen molar-refractivity contribution in [3.05, 3.63) is 0 Å². The zero-order valence-corrected chi connectivity index (χ0v) is 16.8. The quantitative estimate of drug-likeness (QED) is 0.689. The Bertz CT molecular complexity index is 406. The van der Waals surface area contributed by atoms with E-state index in [1.165, 1.54) is 51.4 Å². The standard InChI is InChI=1S/C22H39NO3/c1-18(23-21(24)19-14-10-9-11-15-19)22(25)26-20-16-12-7-5-3-2-4-6-8-13-17-20/h18-20H,2-17H2,1H3,(H,23,24)/t18-/m1/s1. The van der Waals surface area contributed by atoms with Gasteiger partial charge in [-0.1, -0.05) is 64.2 Å². The van der Waals surface area contributed by atoms with Gasteiger partial charge in [0.15, 0.2) is 0 Å². The molecular weight excluding hydrogens is 326 g/mol. The molecule has 26 heavy (non-hydrogen) atoms. The first-order valence-electron chi connectivity index (χ1n) is 11.2. The van der Waals surface area contributed by atoms with Gasteiger partial charge in [0.05, 0.1) is 0 Å². The fourth-order valence-electron chi connectivity index (χ4n) is 4.26. The van der Waals surface area contributed by atoms with Gasteiger partial charge >= 0.3 is 5.97 Å². The summed E-state index contributed by atoms with van der Waals surface area (Å²) in [5.74, 6) is -0.139. The van der Waals surface area contributed by atoms with Gasteiger partial charge in [-0.25, -0.2) is 4.79 Å². The smallest absolute Gasteiger partial charge is 0.328 e. The lowest BCUT2D eigenvalue weighted by Crippen LogP contribution is -2.44. The summed E-state index contributed by atoms with van der Waals surface area (Å²) < 4.78 is 5.79. The maximum Gasteiger partial charge on any atom is 0.328 e. The molecule has 4 nitrogen and oxygen atoms in total. The molecule has 0 unspecified atom stereocenters. The highest BCUT2D eigenvalue weighted by Crippen LogP contribution is 2.24. The van der Waals surface area contributed by atoms with E-state index in [0.717, 1.165) is 51.4 Å². The van der Waals surface area contributed by atoms with Crippen LogP contribution in [-0.4, -0.2) is 24.0 Å². The molecule has 0 aromatic heterocycles. The Labute approximate surface area is 159 Å². The van der Waals surface area contributed by atoms with Crippen molar-refractivity contribution in [2.24, 2.45) is 5.92 Å². The lowest BCUT2D eigenvalue weighted by atomic mass is 9.88. The molecule has 150 valence electrons. The molecule has 4 heteroatoms. The molecule has 2 aliphatic rings. The van der Waals surface area contributed by atoms with Crippen LogP contribution >= 0.6 is 0 Å². The molecule has 2 fully saturated rings. The first-order chi connectivity index (χ1) is 12.7. The van der Waals surface area contributed by atoms with Crippen molar-refractivity contribution < 1.29 is 14.3 Å². The zero-order chi connectivity index (χ0) is 18.6. The summed E-state index contributed by atoms with van der Waals surface area (Å²) in [6, 6.07) is -0.536. The number of carbonyl (C=O) groups is 2. The number of hydrogen-bond donors (Lipinski definition) is 1. The molecule has 2 aliphatic carbocycles. The Morgan fingerprint density at radius 2 is 1.15 bits per heavy atom. The summed E-state index contributed by atoms with van der Waals surface area (Å²) in [4.78, 5) is 24.8. The lowest BCUT2D eigenvalue weighted by Gasteiger charge is -2.24. The van der Waals surface area contributed by atoms with Gasteiger partial charge in [-0.05, 0) is 45.4 Å². The normalized spacial score (nSPS) is 23.3. The van der Waals surface area contributed by atoms with Crippen molar-refractivity contribution in [1.82, 2.24) is 5.32 Å². The second kappa shape index (κ2) is 12.3. The molecule has 0 bridgehead atoms. The summed E-state index contributed by atoms with van der Waals surface area (Å²) in [6.45, 7) is 1.76. The number of amides is 1. The number of rotatable bonds is 4. The Balaban J connectivity index is 1.75. The molecule has 2 saturated carbocycles. The van der Waals surface area contributed by atoms with Crippen LogP contribution in [-0.2, 0) is 14.3 Å². The maximum absolute atomic E-state index is 12.5. The fraction of sp³-hybridized carbons (Fsp3) is 0.909. The Hall–Kier alpha value is -1.06. The van der Waals surface area contributed by atoms with Crippen LogP contribution < -0.4 is 5.32 Å². The molecule has 1 atom stereocenters. The third-order valence-corrected chi connectivity index (χ3v) is 6.02. The highest BCUT2D eigenvalue weighted by atomic mass is 16.5. The average molecular weight is 366 g/mol. The summed E-state index contributed by atoms with van der Waals surface area (Å²) in [5, 5.41) is 2.89. The Morgan fingerprint density at radius 3 is 1.69 bits per heavy atom. The van der Waals surface area contributed by atoms with Crippen LogP contribution in [0.4, 0.5) is 0 Å². The minimum Gasteiger partial charge on any atom is -0.461 e. The van der Waals surface area contributed by atoms with Crippen molar-refractivity contribution in [1.29, 1.82) is 0 Å². The lowest BCUT2D eigenvalue weighted by molar-refractivity contribution is -0.153. The minimum atomic E-state index is -0.536. The van der Waals surface area contributed by atoms with E-state index in [9.17, 15) is 9.59 Å². The van der Waals surface area contributed by atoms with Gasteiger partial charge in [-0.3, -0.25) is 4.79 Å². The molecule has 1 amide bonds. The second-order valence-corrected chi connectivity index (χ2v) is 8.38. The Kier molecular flexibility index (Phi) is 10.1. The van der Waals surface area contributed by atoms with E-state index in [1.54, 1.807) is 6.92 Å². The molecule has 0 aromatic rings. The maximum atomic E-state index is 12.5. The zero-order valence-electron chi connectivity index (χ0n) is 16.8. The number of esters is 1. The van der Waals surface area contributed by atoms with Crippen LogP contribution in [0, 0.1) is 5.92 Å².